The molecule has 2 amide bonds. The molecular weight excluding hydrogens is 172 g/mol. The van der Waals surface area contributed by atoms with Gasteiger partial charge in [0.05, 0.1) is 5.57 Å². The van der Waals surface area contributed by atoms with Gasteiger partial charge in [-0.15, -0.1) is 12.3 Å². The Morgan fingerprint density at radius 1 is 1.54 bits per heavy atom. The standard InChI is InChI=1S/C8H8N2O3/c1-2-3-4(9)5-6(11)8(13)10-7(5)12/h1,4H,3,9H2,(H2,10,11,12,13)/t4-/m1/s1. The lowest BCUT2D eigenvalue weighted by atomic mass is 10.1. The number of imide groups is 1. The van der Waals surface area contributed by atoms with Gasteiger partial charge in [0.25, 0.3) is 11.8 Å². The van der Waals surface area contributed by atoms with Gasteiger partial charge in [0, 0.05) is 12.5 Å². The SMILES string of the molecule is C#CC[C@@H](N)C1=C(O)C(=O)NC1=O. The lowest BCUT2D eigenvalue weighted by Crippen LogP contribution is -2.30. The van der Waals surface area contributed by atoms with Crippen molar-refractivity contribution in [3.63, 3.8) is 0 Å². The molecule has 4 N–H and O–H groups in total. The average molecular weight is 180 g/mol. The summed E-state index contributed by atoms with van der Waals surface area (Å²) in [6.07, 6.45) is 5.07. The van der Waals surface area contributed by atoms with E-state index in [0.29, 0.717) is 0 Å². The number of hydrogen-bond donors (Lipinski definition) is 3. The van der Waals surface area contributed by atoms with E-state index in [1.807, 2.05) is 5.32 Å². The zero-order valence-corrected chi connectivity index (χ0v) is 6.70. The number of aliphatic hydroxyl groups is 1. The summed E-state index contributed by atoms with van der Waals surface area (Å²) in [5, 5.41) is 11.0. The minimum atomic E-state index is -0.826. The molecule has 68 valence electrons. The maximum Gasteiger partial charge on any atom is 0.293 e. The molecule has 0 aromatic heterocycles. The van der Waals surface area contributed by atoms with E-state index in [-0.39, 0.29) is 12.0 Å². The van der Waals surface area contributed by atoms with E-state index < -0.39 is 23.6 Å². The van der Waals surface area contributed by atoms with Crippen molar-refractivity contribution < 1.29 is 14.7 Å². The molecule has 1 aliphatic heterocycles. The van der Waals surface area contributed by atoms with Gasteiger partial charge >= 0.3 is 0 Å². The van der Waals surface area contributed by atoms with Crippen molar-refractivity contribution in [2.45, 2.75) is 12.5 Å². The average Bonchev–Trinajstić information content (AvgIpc) is 2.27. The van der Waals surface area contributed by atoms with Crippen LogP contribution in [0.1, 0.15) is 6.42 Å². The molecule has 0 aliphatic carbocycles. The quantitative estimate of drug-likeness (QED) is 0.368. The summed E-state index contributed by atoms with van der Waals surface area (Å²) in [6.45, 7) is 0. The predicted octanol–water partition coefficient (Wildman–Crippen LogP) is -1.19. The first-order valence-electron chi connectivity index (χ1n) is 3.55. The third-order valence-corrected chi connectivity index (χ3v) is 1.65. The van der Waals surface area contributed by atoms with Crippen molar-refractivity contribution in [1.29, 1.82) is 0 Å². The van der Waals surface area contributed by atoms with E-state index in [2.05, 4.69) is 5.92 Å². The maximum atomic E-state index is 11.0. The smallest absolute Gasteiger partial charge is 0.293 e. The Labute approximate surface area is 74.6 Å². The van der Waals surface area contributed by atoms with Crippen LogP contribution in [0.4, 0.5) is 0 Å². The topological polar surface area (TPSA) is 92.4 Å². The first kappa shape index (κ1) is 9.29. The molecular formula is C8H8N2O3. The third kappa shape index (κ3) is 1.53. The monoisotopic (exact) mass is 180 g/mol. The Morgan fingerprint density at radius 2 is 2.15 bits per heavy atom. The summed E-state index contributed by atoms with van der Waals surface area (Å²) < 4.78 is 0. The number of carbonyl (C=O) groups excluding carboxylic acids is 2. The summed E-state index contributed by atoms with van der Waals surface area (Å²) in [6, 6.07) is -0.795. The molecule has 0 saturated carbocycles. The van der Waals surface area contributed by atoms with Crippen molar-refractivity contribution in [3.05, 3.63) is 11.3 Å². The van der Waals surface area contributed by atoms with E-state index in [0.717, 1.165) is 0 Å². The highest BCUT2D eigenvalue weighted by atomic mass is 16.3. The molecule has 0 aromatic carbocycles. The molecule has 0 spiro atoms. The van der Waals surface area contributed by atoms with Crippen molar-refractivity contribution in [1.82, 2.24) is 5.32 Å². The van der Waals surface area contributed by atoms with Crippen molar-refractivity contribution in [2.24, 2.45) is 5.73 Å². The minimum Gasteiger partial charge on any atom is -0.503 e. The van der Waals surface area contributed by atoms with Gasteiger partial charge in [0.1, 0.15) is 0 Å². The molecule has 5 nitrogen and oxygen atoms in total. The van der Waals surface area contributed by atoms with Crippen LogP contribution in [0.2, 0.25) is 0 Å². The largest absolute Gasteiger partial charge is 0.503 e. The van der Waals surface area contributed by atoms with Crippen LogP contribution in [0.3, 0.4) is 0 Å². The first-order valence-corrected chi connectivity index (χ1v) is 3.55. The van der Waals surface area contributed by atoms with Crippen LogP contribution in [0.25, 0.3) is 0 Å². The third-order valence-electron chi connectivity index (χ3n) is 1.65. The Bertz CT molecular complexity index is 338. The van der Waals surface area contributed by atoms with Gasteiger partial charge in [-0.2, -0.15) is 0 Å². The second-order valence-corrected chi connectivity index (χ2v) is 2.56. The molecule has 0 unspecified atom stereocenters. The zero-order valence-electron chi connectivity index (χ0n) is 6.70. The lowest BCUT2D eigenvalue weighted by Gasteiger charge is -2.06. The number of carbonyl (C=O) groups is 2. The van der Waals surface area contributed by atoms with E-state index in [9.17, 15) is 9.59 Å². The first-order chi connectivity index (χ1) is 6.07. The van der Waals surface area contributed by atoms with Gasteiger partial charge in [0.15, 0.2) is 5.76 Å². The molecule has 1 heterocycles. The molecule has 1 rings (SSSR count). The van der Waals surface area contributed by atoms with Gasteiger partial charge in [-0.3, -0.25) is 14.9 Å². The Balaban J connectivity index is 2.96. The van der Waals surface area contributed by atoms with E-state index in [1.54, 1.807) is 0 Å². The molecule has 5 heteroatoms. The summed E-state index contributed by atoms with van der Waals surface area (Å²) in [5.74, 6) is 0.105. The highest BCUT2D eigenvalue weighted by molar-refractivity contribution is 6.18. The summed E-state index contributed by atoms with van der Waals surface area (Å²) in [4.78, 5) is 21.8. The van der Waals surface area contributed by atoms with Gasteiger partial charge in [-0.05, 0) is 0 Å². The Hall–Kier alpha value is -1.80. The van der Waals surface area contributed by atoms with Crippen LogP contribution in [0, 0.1) is 12.3 Å². The van der Waals surface area contributed by atoms with Gasteiger partial charge < -0.3 is 10.8 Å². The Morgan fingerprint density at radius 3 is 2.54 bits per heavy atom. The fourth-order valence-corrected chi connectivity index (χ4v) is 1.03. The van der Waals surface area contributed by atoms with Gasteiger partial charge in [-0.25, -0.2) is 0 Å². The fraction of sp³-hybridized carbons (Fsp3) is 0.250. The van der Waals surface area contributed by atoms with Crippen LogP contribution in [0.5, 0.6) is 0 Å². The molecule has 13 heavy (non-hydrogen) atoms. The van der Waals surface area contributed by atoms with E-state index >= 15 is 0 Å². The Kier molecular flexibility index (Phi) is 2.35. The molecule has 1 atom stereocenters. The van der Waals surface area contributed by atoms with Gasteiger partial charge in [-0.1, -0.05) is 0 Å². The molecule has 1 aliphatic rings. The summed E-state index contributed by atoms with van der Waals surface area (Å²) >= 11 is 0. The number of hydrogen-bond acceptors (Lipinski definition) is 4. The second kappa shape index (κ2) is 3.29. The van der Waals surface area contributed by atoms with E-state index in [1.165, 1.54) is 0 Å². The normalized spacial score (nSPS) is 18.5. The molecule has 0 aromatic rings. The van der Waals surface area contributed by atoms with Crippen molar-refractivity contribution in [3.8, 4) is 12.3 Å². The number of amides is 2. The number of nitrogens with one attached hydrogen (secondary N) is 1. The molecule has 0 saturated heterocycles. The highest BCUT2D eigenvalue weighted by Crippen LogP contribution is 2.14. The summed E-state index contributed by atoms with van der Waals surface area (Å²) in [5.41, 5.74) is 5.32. The number of nitrogens with two attached hydrogens (primary N) is 1. The van der Waals surface area contributed by atoms with Crippen LogP contribution in [-0.4, -0.2) is 23.0 Å². The van der Waals surface area contributed by atoms with Crippen molar-refractivity contribution in [2.75, 3.05) is 0 Å². The number of rotatable bonds is 2. The highest BCUT2D eigenvalue weighted by Gasteiger charge is 2.33. The van der Waals surface area contributed by atoms with Crippen LogP contribution in [0.15, 0.2) is 11.3 Å². The van der Waals surface area contributed by atoms with Crippen LogP contribution >= 0.6 is 0 Å². The predicted molar refractivity (Wildman–Crippen MR) is 44.2 cm³/mol. The molecule has 0 radical (unpaired) electrons. The molecule has 0 fully saturated rings. The van der Waals surface area contributed by atoms with E-state index in [4.69, 9.17) is 17.3 Å². The number of aliphatic hydroxyl groups excluding tert-OH is 1. The van der Waals surface area contributed by atoms with Gasteiger partial charge in [0.2, 0.25) is 0 Å². The minimum absolute atomic E-state index is 0.0973. The lowest BCUT2D eigenvalue weighted by molar-refractivity contribution is -0.125. The van der Waals surface area contributed by atoms with Crippen molar-refractivity contribution >= 4 is 11.8 Å². The zero-order chi connectivity index (χ0) is 10.0. The van der Waals surface area contributed by atoms with Crippen LogP contribution < -0.4 is 11.1 Å². The second-order valence-electron chi connectivity index (χ2n) is 2.56. The maximum absolute atomic E-state index is 11.0. The van der Waals surface area contributed by atoms with Crippen LogP contribution in [-0.2, 0) is 9.59 Å². The number of terminal acetylenes is 1. The fourth-order valence-electron chi connectivity index (χ4n) is 1.03. The summed E-state index contributed by atoms with van der Waals surface area (Å²) in [7, 11) is 0. The molecule has 0 bridgehead atoms.